The highest BCUT2D eigenvalue weighted by atomic mass is 16.5. The molecule has 6 heteroatoms. The summed E-state index contributed by atoms with van der Waals surface area (Å²) in [6, 6.07) is 10.4. The van der Waals surface area contributed by atoms with Crippen LogP contribution >= 0.6 is 0 Å². The van der Waals surface area contributed by atoms with E-state index in [0.29, 0.717) is 0 Å². The molecule has 1 aromatic heterocycles. The van der Waals surface area contributed by atoms with E-state index in [9.17, 15) is 4.79 Å². The Labute approximate surface area is 160 Å². The molecule has 1 fully saturated rings. The molecule has 1 atom stereocenters. The van der Waals surface area contributed by atoms with Gasteiger partial charge in [-0.15, -0.1) is 0 Å². The van der Waals surface area contributed by atoms with Gasteiger partial charge in [0.15, 0.2) is 5.76 Å². The number of carbonyl (C=O) groups excluding carboxylic acids is 1. The second-order valence-electron chi connectivity index (χ2n) is 7.70. The van der Waals surface area contributed by atoms with Crippen molar-refractivity contribution in [3.05, 3.63) is 52.9 Å². The zero-order valence-corrected chi connectivity index (χ0v) is 16.2. The van der Waals surface area contributed by atoms with Gasteiger partial charge in [-0.1, -0.05) is 29.4 Å². The van der Waals surface area contributed by atoms with Crippen LogP contribution in [0.15, 0.2) is 34.9 Å². The molecule has 1 amide bonds. The monoisotopic (exact) mass is 368 g/mol. The van der Waals surface area contributed by atoms with Crippen LogP contribution < -0.4 is 0 Å². The molecule has 0 spiro atoms. The van der Waals surface area contributed by atoms with Crippen molar-refractivity contribution in [2.45, 2.75) is 39.4 Å². The highest BCUT2D eigenvalue weighted by molar-refractivity contribution is 5.81. The van der Waals surface area contributed by atoms with Gasteiger partial charge in [0, 0.05) is 45.3 Å². The largest absolute Gasteiger partial charge is 0.360 e. The highest BCUT2D eigenvalue weighted by Gasteiger charge is 2.30. The molecule has 0 aliphatic carbocycles. The molecule has 6 nitrogen and oxygen atoms in total. The molecule has 1 saturated heterocycles. The number of benzene rings is 1. The van der Waals surface area contributed by atoms with Crippen molar-refractivity contribution >= 4 is 5.91 Å². The predicted molar refractivity (Wildman–Crippen MR) is 103 cm³/mol. The van der Waals surface area contributed by atoms with E-state index in [1.54, 1.807) is 0 Å². The molecule has 2 aliphatic rings. The molecule has 4 rings (SSSR count). The Hall–Kier alpha value is -2.18. The van der Waals surface area contributed by atoms with Crippen molar-refractivity contribution < 1.29 is 9.32 Å². The van der Waals surface area contributed by atoms with Crippen LogP contribution in [0.3, 0.4) is 0 Å². The van der Waals surface area contributed by atoms with Crippen molar-refractivity contribution in [2.24, 2.45) is 0 Å². The lowest BCUT2D eigenvalue weighted by molar-refractivity contribution is -0.138. The predicted octanol–water partition coefficient (Wildman–Crippen LogP) is 2.07. The fourth-order valence-electron chi connectivity index (χ4n) is 4.12. The number of amides is 1. The van der Waals surface area contributed by atoms with Crippen molar-refractivity contribution in [2.75, 3.05) is 32.7 Å². The lowest BCUT2D eigenvalue weighted by atomic mass is 9.99. The normalized spacial score (nSPS) is 19.7. The Kier molecular flexibility index (Phi) is 5.27. The second kappa shape index (κ2) is 7.82. The minimum absolute atomic E-state index is 0.0649. The smallest absolute Gasteiger partial charge is 0.239 e. The third-order valence-corrected chi connectivity index (χ3v) is 5.81. The molecule has 27 heavy (non-hydrogen) atoms. The van der Waals surface area contributed by atoms with Gasteiger partial charge in [-0.25, -0.2) is 0 Å². The van der Waals surface area contributed by atoms with Crippen LogP contribution in [0.25, 0.3) is 0 Å². The number of aryl methyl sites for hydroxylation is 1. The standard InChI is InChI=1S/C21H28N4O2/c1-16-13-20(27-22-16)15-23-9-11-24(12-10-23)17(2)21(26)25-8-7-18-5-3-4-6-19(18)14-25/h3-6,13,17H,7-12,14-15H2,1-2H3. The van der Waals surface area contributed by atoms with Crippen LogP contribution in [0, 0.1) is 6.92 Å². The number of rotatable bonds is 4. The van der Waals surface area contributed by atoms with Crippen LogP contribution in [0.4, 0.5) is 0 Å². The molecule has 2 aliphatic heterocycles. The van der Waals surface area contributed by atoms with Crippen LogP contribution in [-0.4, -0.2) is 64.5 Å². The van der Waals surface area contributed by atoms with Gasteiger partial charge in [0.05, 0.1) is 18.3 Å². The second-order valence-corrected chi connectivity index (χ2v) is 7.70. The first-order valence-electron chi connectivity index (χ1n) is 9.84. The number of aromatic nitrogens is 1. The van der Waals surface area contributed by atoms with Crippen LogP contribution in [-0.2, 0) is 24.3 Å². The van der Waals surface area contributed by atoms with E-state index in [1.807, 2.05) is 17.9 Å². The molecule has 2 aromatic rings. The molecule has 1 aromatic carbocycles. The number of hydrogen-bond donors (Lipinski definition) is 0. The Morgan fingerprint density at radius 1 is 1.15 bits per heavy atom. The number of nitrogens with zero attached hydrogens (tertiary/aromatic N) is 4. The fraction of sp³-hybridized carbons (Fsp3) is 0.524. The van der Waals surface area contributed by atoms with Crippen LogP contribution in [0.5, 0.6) is 0 Å². The van der Waals surface area contributed by atoms with Gasteiger partial charge in [0.25, 0.3) is 0 Å². The topological polar surface area (TPSA) is 52.8 Å². The third-order valence-electron chi connectivity index (χ3n) is 5.81. The maximum absolute atomic E-state index is 13.0. The van der Waals surface area contributed by atoms with E-state index in [1.165, 1.54) is 11.1 Å². The summed E-state index contributed by atoms with van der Waals surface area (Å²) in [5.74, 6) is 1.17. The average Bonchev–Trinajstić information content (AvgIpc) is 3.11. The molecule has 0 saturated carbocycles. The minimum atomic E-state index is -0.0649. The summed E-state index contributed by atoms with van der Waals surface area (Å²) in [5.41, 5.74) is 3.59. The molecule has 0 bridgehead atoms. The van der Waals surface area contributed by atoms with Crippen molar-refractivity contribution in [1.82, 2.24) is 19.9 Å². The van der Waals surface area contributed by atoms with Gasteiger partial charge < -0.3 is 9.42 Å². The van der Waals surface area contributed by atoms with Crippen molar-refractivity contribution in [3.8, 4) is 0 Å². The highest BCUT2D eigenvalue weighted by Crippen LogP contribution is 2.20. The summed E-state index contributed by atoms with van der Waals surface area (Å²) < 4.78 is 5.32. The molecule has 1 unspecified atom stereocenters. The summed E-state index contributed by atoms with van der Waals surface area (Å²) >= 11 is 0. The average molecular weight is 368 g/mol. The lowest BCUT2D eigenvalue weighted by Crippen LogP contribution is -2.54. The Balaban J connectivity index is 1.30. The molecular weight excluding hydrogens is 340 g/mol. The number of fused-ring (bicyclic) bond motifs is 1. The summed E-state index contributed by atoms with van der Waals surface area (Å²) in [4.78, 5) is 19.7. The quantitative estimate of drug-likeness (QED) is 0.827. The number of piperazine rings is 1. The maximum atomic E-state index is 13.0. The lowest BCUT2D eigenvalue weighted by Gasteiger charge is -2.39. The van der Waals surface area contributed by atoms with Crippen LogP contribution in [0.1, 0.15) is 29.5 Å². The molecule has 144 valence electrons. The van der Waals surface area contributed by atoms with E-state index in [4.69, 9.17) is 4.52 Å². The molecule has 3 heterocycles. The maximum Gasteiger partial charge on any atom is 0.239 e. The molecule has 0 radical (unpaired) electrons. The van der Waals surface area contributed by atoms with Crippen molar-refractivity contribution in [3.63, 3.8) is 0 Å². The Bertz CT molecular complexity index is 795. The van der Waals surface area contributed by atoms with E-state index in [-0.39, 0.29) is 11.9 Å². The zero-order valence-electron chi connectivity index (χ0n) is 16.2. The molecule has 0 N–H and O–H groups in total. The van der Waals surface area contributed by atoms with Gasteiger partial charge in [-0.05, 0) is 31.4 Å². The summed E-state index contributed by atoms with van der Waals surface area (Å²) in [6.45, 7) is 10.1. The van der Waals surface area contributed by atoms with Gasteiger partial charge >= 0.3 is 0 Å². The summed E-state index contributed by atoms with van der Waals surface area (Å²) in [7, 11) is 0. The van der Waals surface area contributed by atoms with Gasteiger partial charge in [-0.2, -0.15) is 0 Å². The van der Waals surface area contributed by atoms with E-state index < -0.39 is 0 Å². The first-order chi connectivity index (χ1) is 13.1. The Morgan fingerprint density at radius 3 is 2.59 bits per heavy atom. The number of carbonyl (C=O) groups is 1. The third kappa shape index (κ3) is 4.06. The van der Waals surface area contributed by atoms with E-state index >= 15 is 0 Å². The minimum Gasteiger partial charge on any atom is -0.360 e. The first-order valence-corrected chi connectivity index (χ1v) is 9.84. The first kappa shape index (κ1) is 18.2. The van der Waals surface area contributed by atoms with Crippen LogP contribution in [0.2, 0.25) is 0 Å². The van der Waals surface area contributed by atoms with Gasteiger partial charge in [0.2, 0.25) is 5.91 Å². The Morgan fingerprint density at radius 2 is 1.89 bits per heavy atom. The molecular formula is C21H28N4O2. The summed E-state index contributed by atoms with van der Waals surface area (Å²) in [5, 5.41) is 3.95. The number of hydrogen-bond acceptors (Lipinski definition) is 5. The van der Waals surface area contributed by atoms with Gasteiger partial charge in [-0.3, -0.25) is 14.6 Å². The van der Waals surface area contributed by atoms with E-state index in [2.05, 4.69) is 46.1 Å². The van der Waals surface area contributed by atoms with Gasteiger partial charge in [0.1, 0.15) is 0 Å². The van der Waals surface area contributed by atoms with E-state index in [0.717, 1.165) is 63.7 Å². The zero-order chi connectivity index (χ0) is 18.8. The fourth-order valence-corrected chi connectivity index (χ4v) is 4.12. The van der Waals surface area contributed by atoms with Crippen molar-refractivity contribution in [1.29, 1.82) is 0 Å². The summed E-state index contributed by atoms with van der Waals surface area (Å²) in [6.07, 6.45) is 0.957. The SMILES string of the molecule is Cc1cc(CN2CCN(C(C)C(=O)N3CCc4ccccc4C3)CC2)on1.